The lowest BCUT2D eigenvalue weighted by Crippen LogP contribution is -2.39. The fraction of sp³-hybridized carbons (Fsp3) is 0.333. The summed E-state index contributed by atoms with van der Waals surface area (Å²) in [6.45, 7) is 2.86. The summed E-state index contributed by atoms with van der Waals surface area (Å²) in [5.41, 5.74) is 1.05. The molecule has 4 rings (SSSR count). The second-order valence-electron chi connectivity index (χ2n) is 7.99. The number of rotatable bonds is 8. The standard InChI is InChI=1S/C24H25FN4O3/c1-2-29(12-11-26-22(30)16-8-9-16)24(32)19-13-15(7-10-20(19)25)14-21-17-5-3-4-6-18(17)23(31)28-27-21/h3-7,10,13,16H,2,8-9,11-12,14H2,1H3,(H,26,30)(H,28,31). The maximum absolute atomic E-state index is 14.5. The number of carbonyl (C=O) groups is 2. The molecule has 7 nitrogen and oxygen atoms in total. The summed E-state index contributed by atoms with van der Waals surface area (Å²) in [7, 11) is 0. The first-order valence-corrected chi connectivity index (χ1v) is 10.8. The molecule has 0 bridgehead atoms. The molecule has 32 heavy (non-hydrogen) atoms. The zero-order valence-corrected chi connectivity index (χ0v) is 17.9. The summed E-state index contributed by atoms with van der Waals surface area (Å²) in [5, 5.41) is 10.7. The molecule has 3 aromatic rings. The summed E-state index contributed by atoms with van der Waals surface area (Å²) in [5.74, 6) is -0.903. The smallest absolute Gasteiger partial charge is 0.272 e. The Morgan fingerprint density at radius 3 is 2.66 bits per heavy atom. The van der Waals surface area contributed by atoms with Gasteiger partial charge in [0.2, 0.25) is 5.91 Å². The Kier molecular flexibility index (Phi) is 6.30. The average molecular weight is 436 g/mol. The van der Waals surface area contributed by atoms with E-state index in [1.165, 1.54) is 17.0 Å². The number of hydrogen-bond donors (Lipinski definition) is 2. The lowest BCUT2D eigenvalue weighted by Gasteiger charge is -2.22. The Bertz CT molecular complexity index is 1220. The van der Waals surface area contributed by atoms with Crippen molar-refractivity contribution in [2.24, 2.45) is 5.92 Å². The predicted octanol–water partition coefficient (Wildman–Crippen LogP) is 2.64. The van der Waals surface area contributed by atoms with E-state index in [4.69, 9.17) is 0 Å². The minimum Gasteiger partial charge on any atom is -0.354 e. The van der Waals surface area contributed by atoms with Gasteiger partial charge in [0, 0.05) is 37.4 Å². The van der Waals surface area contributed by atoms with Crippen LogP contribution in [-0.2, 0) is 11.2 Å². The highest BCUT2D eigenvalue weighted by molar-refractivity contribution is 5.95. The second kappa shape index (κ2) is 9.30. The van der Waals surface area contributed by atoms with Crippen molar-refractivity contribution in [2.45, 2.75) is 26.2 Å². The third-order valence-corrected chi connectivity index (χ3v) is 5.71. The molecule has 1 aliphatic carbocycles. The fourth-order valence-corrected chi connectivity index (χ4v) is 3.72. The summed E-state index contributed by atoms with van der Waals surface area (Å²) in [6.07, 6.45) is 2.17. The molecule has 0 saturated heterocycles. The summed E-state index contributed by atoms with van der Waals surface area (Å²) in [6, 6.07) is 11.6. The molecule has 2 amide bonds. The van der Waals surface area contributed by atoms with Crippen LogP contribution in [0.4, 0.5) is 4.39 Å². The van der Waals surface area contributed by atoms with E-state index in [1.807, 2.05) is 19.1 Å². The lowest BCUT2D eigenvalue weighted by atomic mass is 10.0. The molecule has 0 aliphatic heterocycles. The zero-order chi connectivity index (χ0) is 22.7. The molecule has 166 valence electrons. The first-order valence-electron chi connectivity index (χ1n) is 10.8. The van der Waals surface area contributed by atoms with Crippen LogP contribution in [0.1, 0.15) is 41.4 Å². The maximum Gasteiger partial charge on any atom is 0.272 e. The minimum atomic E-state index is -0.599. The van der Waals surface area contributed by atoms with Crippen molar-refractivity contribution in [3.63, 3.8) is 0 Å². The molecule has 2 aromatic carbocycles. The molecule has 2 N–H and O–H groups in total. The van der Waals surface area contributed by atoms with E-state index in [2.05, 4.69) is 15.5 Å². The van der Waals surface area contributed by atoms with E-state index < -0.39 is 11.7 Å². The van der Waals surface area contributed by atoms with Crippen molar-refractivity contribution in [1.29, 1.82) is 0 Å². The van der Waals surface area contributed by atoms with Crippen molar-refractivity contribution < 1.29 is 14.0 Å². The first-order chi connectivity index (χ1) is 15.5. The number of nitrogens with one attached hydrogen (secondary N) is 2. The first kappa shape index (κ1) is 21.7. The van der Waals surface area contributed by atoms with Crippen molar-refractivity contribution in [3.05, 3.63) is 75.5 Å². The third-order valence-electron chi connectivity index (χ3n) is 5.71. The van der Waals surface area contributed by atoms with Crippen LogP contribution in [0, 0.1) is 11.7 Å². The van der Waals surface area contributed by atoms with Crippen LogP contribution < -0.4 is 10.9 Å². The van der Waals surface area contributed by atoms with Crippen LogP contribution in [-0.4, -0.2) is 46.5 Å². The van der Waals surface area contributed by atoms with Crippen LogP contribution in [0.3, 0.4) is 0 Å². The molecule has 8 heteroatoms. The van der Waals surface area contributed by atoms with Crippen LogP contribution >= 0.6 is 0 Å². The summed E-state index contributed by atoms with van der Waals surface area (Å²) < 4.78 is 14.5. The van der Waals surface area contributed by atoms with Gasteiger partial charge < -0.3 is 10.2 Å². The van der Waals surface area contributed by atoms with Gasteiger partial charge in [-0.25, -0.2) is 9.49 Å². The predicted molar refractivity (Wildman–Crippen MR) is 119 cm³/mol. The van der Waals surface area contributed by atoms with E-state index in [9.17, 15) is 18.8 Å². The molecule has 0 unspecified atom stereocenters. The van der Waals surface area contributed by atoms with E-state index in [0.717, 1.165) is 18.2 Å². The fourth-order valence-electron chi connectivity index (χ4n) is 3.72. The van der Waals surface area contributed by atoms with Crippen molar-refractivity contribution in [3.8, 4) is 0 Å². The molecule has 0 spiro atoms. The largest absolute Gasteiger partial charge is 0.354 e. The molecular weight excluding hydrogens is 411 g/mol. The second-order valence-corrected chi connectivity index (χ2v) is 7.99. The molecule has 0 radical (unpaired) electrons. The third kappa shape index (κ3) is 4.69. The Morgan fingerprint density at radius 1 is 1.19 bits per heavy atom. The maximum atomic E-state index is 14.5. The van der Waals surface area contributed by atoms with E-state index in [1.54, 1.807) is 18.2 Å². The zero-order valence-electron chi connectivity index (χ0n) is 17.9. The highest BCUT2D eigenvalue weighted by Gasteiger charge is 2.29. The SMILES string of the molecule is CCN(CCNC(=O)C1CC1)C(=O)c1cc(Cc2n[nH]c(=O)c3ccccc23)ccc1F. The number of likely N-dealkylation sites (N-methyl/N-ethyl adjacent to an activating group) is 1. The molecule has 0 atom stereocenters. The Hall–Kier alpha value is -3.55. The number of hydrogen-bond acceptors (Lipinski definition) is 4. The number of fused-ring (bicyclic) bond motifs is 1. The number of aromatic nitrogens is 2. The molecule has 1 fully saturated rings. The Labute approximate surface area is 184 Å². The van der Waals surface area contributed by atoms with E-state index in [-0.39, 0.29) is 22.9 Å². The van der Waals surface area contributed by atoms with Crippen molar-refractivity contribution in [2.75, 3.05) is 19.6 Å². The van der Waals surface area contributed by atoms with Crippen molar-refractivity contribution in [1.82, 2.24) is 20.4 Å². The van der Waals surface area contributed by atoms with E-state index >= 15 is 0 Å². The molecular formula is C24H25FN4O3. The highest BCUT2D eigenvalue weighted by Crippen LogP contribution is 2.28. The summed E-state index contributed by atoms with van der Waals surface area (Å²) >= 11 is 0. The van der Waals surface area contributed by atoms with E-state index in [0.29, 0.717) is 42.7 Å². The van der Waals surface area contributed by atoms with Gasteiger partial charge in [-0.15, -0.1) is 0 Å². The topological polar surface area (TPSA) is 95.2 Å². The number of benzene rings is 2. The number of carbonyl (C=O) groups excluding carboxylic acids is 2. The number of halogens is 1. The summed E-state index contributed by atoms with van der Waals surface area (Å²) in [4.78, 5) is 38.3. The number of aromatic amines is 1. The van der Waals surface area contributed by atoms with Gasteiger partial charge in [0.15, 0.2) is 0 Å². The minimum absolute atomic E-state index is 0.0160. The molecule has 1 aliphatic rings. The number of nitrogens with zero attached hydrogens (tertiary/aromatic N) is 2. The monoisotopic (exact) mass is 436 g/mol. The van der Waals surface area contributed by atoms with Crippen LogP contribution in [0.2, 0.25) is 0 Å². The van der Waals surface area contributed by atoms with Crippen LogP contribution in [0.25, 0.3) is 10.8 Å². The van der Waals surface area contributed by atoms with Gasteiger partial charge in [0.25, 0.3) is 11.5 Å². The van der Waals surface area contributed by atoms with Crippen molar-refractivity contribution >= 4 is 22.6 Å². The normalized spacial score (nSPS) is 13.2. The van der Waals surface area contributed by atoms with Gasteiger partial charge >= 0.3 is 0 Å². The highest BCUT2D eigenvalue weighted by atomic mass is 19.1. The van der Waals surface area contributed by atoms with Gasteiger partial charge in [0.1, 0.15) is 5.82 Å². The number of H-pyrrole nitrogens is 1. The quantitative estimate of drug-likeness (QED) is 0.568. The molecule has 1 heterocycles. The molecule has 1 saturated carbocycles. The molecule has 1 aromatic heterocycles. The lowest BCUT2D eigenvalue weighted by molar-refractivity contribution is -0.122. The van der Waals surface area contributed by atoms with Gasteiger partial charge in [-0.1, -0.05) is 24.3 Å². The van der Waals surface area contributed by atoms with Crippen LogP contribution in [0.5, 0.6) is 0 Å². The average Bonchev–Trinajstić information content (AvgIpc) is 3.65. The Balaban J connectivity index is 1.51. The Morgan fingerprint density at radius 2 is 1.94 bits per heavy atom. The van der Waals surface area contributed by atoms with Gasteiger partial charge in [0.05, 0.1) is 16.6 Å². The van der Waals surface area contributed by atoms with Gasteiger partial charge in [-0.2, -0.15) is 5.10 Å². The van der Waals surface area contributed by atoms with Gasteiger partial charge in [-0.3, -0.25) is 14.4 Å². The van der Waals surface area contributed by atoms with Crippen LogP contribution in [0.15, 0.2) is 47.3 Å². The van der Waals surface area contributed by atoms with Gasteiger partial charge in [-0.05, 0) is 43.5 Å². The number of amides is 2.